The van der Waals surface area contributed by atoms with Gasteiger partial charge in [-0.1, -0.05) is 12.1 Å². The summed E-state index contributed by atoms with van der Waals surface area (Å²) in [6.45, 7) is 0.206. The summed E-state index contributed by atoms with van der Waals surface area (Å²) >= 11 is 0. The molecule has 0 aliphatic heterocycles. The minimum Gasteiger partial charge on any atom is -0.399 e. The number of nitrogens with one attached hydrogen (secondary N) is 2. The van der Waals surface area contributed by atoms with Crippen molar-refractivity contribution in [2.24, 2.45) is 0 Å². The minimum absolute atomic E-state index is 0.0680. The molecule has 1 aromatic heterocycles. The van der Waals surface area contributed by atoms with Gasteiger partial charge in [0.15, 0.2) is 0 Å². The van der Waals surface area contributed by atoms with Crippen molar-refractivity contribution in [2.45, 2.75) is 12.3 Å². The van der Waals surface area contributed by atoms with Crippen molar-refractivity contribution < 1.29 is 8.42 Å². The van der Waals surface area contributed by atoms with Crippen LogP contribution in [0.5, 0.6) is 0 Å². The van der Waals surface area contributed by atoms with Gasteiger partial charge in [-0.3, -0.25) is 5.10 Å². The van der Waals surface area contributed by atoms with Gasteiger partial charge in [0.25, 0.3) is 0 Å². The molecule has 0 unspecified atom stereocenters. The van der Waals surface area contributed by atoms with Crippen molar-refractivity contribution in [1.82, 2.24) is 14.9 Å². The second-order valence-electron chi connectivity index (χ2n) is 3.90. The normalized spacial score (nSPS) is 11.6. The molecule has 0 bridgehead atoms. The van der Waals surface area contributed by atoms with Crippen LogP contribution in [0.4, 0.5) is 5.69 Å². The second kappa shape index (κ2) is 5.19. The highest BCUT2D eigenvalue weighted by atomic mass is 32.2. The fourth-order valence-corrected chi connectivity index (χ4v) is 2.56. The first-order valence-electron chi connectivity index (χ1n) is 5.35. The molecule has 2 rings (SSSR count). The van der Waals surface area contributed by atoms with Gasteiger partial charge in [0.1, 0.15) is 0 Å². The third kappa shape index (κ3) is 3.57. The lowest BCUT2D eigenvalue weighted by atomic mass is 10.2. The van der Waals surface area contributed by atoms with Crippen LogP contribution in [0.1, 0.15) is 11.3 Å². The number of hydrogen-bond donors (Lipinski definition) is 3. The molecule has 4 N–H and O–H groups in total. The van der Waals surface area contributed by atoms with Crippen molar-refractivity contribution >= 4 is 15.7 Å². The van der Waals surface area contributed by atoms with Crippen LogP contribution < -0.4 is 10.5 Å². The first kappa shape index (κ1) is 12.6. The Bertz CT molecular complexity index is 590. The second-order valence-corrected chi connectivity index (χ2v) is 5.71. The molecule has 7 heteroatoms. The van der Waals surface area contributed by atoms with Crippen LogP contribution in [0.25, 0.3) is 0 Å². The Kier molecular flexibility index (Phi) is 3.63. The van der Waals surface area contributed by atoms with Crippen molar-refractivity contribution in [2.75, 3.05) is 5.73 Å². The van der Waals surface area contributed by atoms with E-state index in [1.807, 2.05) is 0 Å². The molecule has 0 aliphatic rings. The van der Waals surface area contributed by atoms with E-state index < -0.39 is 10.0 Å². The van der Waals surface area contributed by atoms with Crippen molar-refractivity contribution in [1.29, 1.82) is 0 Å². The molecule has 0 amide bonds. The van der Waals surface area contributed by atoms with Crippen molar-refractivity contribution in [3.8, 4) is 0 Å². The summed E-state index contributed by atoms with van der Waals surface area (Å²) in [5.41, 5.74) is 7.56. The number of aromatic nitrogens is 2. The average Bonchev–Trinajstić information content (AvgIpc) is 2.83. The zero-order valence-electron chi connectivity index (χ0n) is 9.63. The molecule has 18 heavy (non-hydrogen) atoms. The van der Waals surface area contributed by atoms with Gasteiger partial charge in [0, 0.05) is 11.9 Å². The number of nitrogens with zero attached hydrogens (tertiary/aromatic N) is 1. The van der Waals surface area contributed by atoms with E-state index in [2.05, 4.69) is 14.9 Å². The topological polar surface area (TPSA) is 101 Å². The fourth-order valence-electron chi connectivity index (χ4n) is 1.46. The molecular formula is C11H14N4O2S. The molecule has 0 atom stereocenters. The summed E-state index contributed by atoms with van der Waals surface area (Å²) in [4.78, 5) is 0. The van der Waals surface area contributed by atoms with Crippen LogP contribution in [0, 0.1) is 0 Å². The number of benzene rings is 1. The van der Waals surface area contributed by atoms with Gasteiger partial charge >= 0.3 is 0 Å². The standard InChI is InChI=1S/C11H14N4O2S/c12-10-3-1-9(2-4-10)8-18(16,17)14-7-11-5-6-13-15-11/h1-6,14H,7-8,12H2,(H,13,15). The van der Waals surface area contributed by atoms with Gasteiger partial charge in [-0.2, -0.15) is 5.10 Å². The van der Waals surface area contributed by atoms with Crippen molar-refractivity contribution in [3.63, 3.8) is 0 Å². The van der Waals surface area contributed by atoms with E-state index in [0.29, 0.717) is 11.3 Å². The first-order chi connectivity index (χ1) is 8.55. The number of aromatic amines is 1. The van der Waals surface area contributed by atoms with E-state index in [0.717, 1.165) is 5.69 Å². The number of nitrogens with two attached hydrogens (primary N) is 1. The van der Waals surface area contributed by atoms with Gasteiger partial charge < -0.3 is 5.73 Å². The third-order valence-electron chi connectivity index (χ3n) is 2.38. The molecule has 6 nitrogen and oxygen atoms in total. The maximum absolute atomic E-state index is 11.8. The molecule has 0 fully saturated rings. The summed E-state index contributed by atoms with van der Waals surface area (Å²) in [6, 6.07) is 8.47. The summed E-state index contributed by atoms with van der Waals surface area (Å²) in [5, 5.41) is 6.43. The Balaban J connectivity index is 1.97. The Hall–Kier alpha value is -1.86. The maximum atomic E-state index is 11.8. The number of nitrogen functional groups attached to an aromatic ring is 1. The van der Waals surface area contributed by atoms with Crippen LogP contribution >= 0.6 is 0 Å². The molecule has 1 heterocycles. The molecule has 0 aliphatic carbocycles. The molecular weight excluding hydrogens is 252 g/mol. The lowest BCUT2D eigenvalue weighted by molar-refractivity contribution is 0.579. The number of sulfonamides is 1. The number of hydrogen-bond acceptors (Lipinski definition) is 4. The van der Waals surface area contributed by atoms with E-state index in [9.17, 15) is 8.42 Å². The largest absolute Gasteiger partial charge is 0.399 e. The Morgan fingerprint density at radius 3 is 2.56 bits per heavy atom. The van der Waals surface area contributed by atoms with E-state index in [-0.39, 0.29) is 12.3 Å². The zero-order chi connectivity index (χ0) is 13.0. The van der Waals surface area contributed by atoms with E-state index in [4.69, 9.17) is 5.73 Å². The van der Waals surface area contributed by atoms with Crippen LogP contribution in [-0.4, -0.2) is 18.6 Å². The average molecular weight is 266 g/mol. The Morgan fingerprint density at radius 2 is 1.94 bits per heavy atom. The molecule has 0 saturated carbocycles. The Labute approximate surface area is 105 Å². The quantitative estimate of drug-likeness (QED) is 0.690. The predicted octanol–water partition coefficient (Wildman–Crippen LogP) is 0.611. The van der Waals surface area contributed by atoms with Crippen LogP contribution in [0.3, 0.4) is 0 Å². The lowest BCUT2D eigenvalue weighted by Gasteiger charge is -2.06. The van der Waals surface area contributed by atoms with Crippen LogP contribution in [0.2, 0.25) is 0 Å². The van der Waals surface area contributed by atoms with Gasteiger partial charge in [-0.05, 0) is 23.8 Å². The molecule has 2 aromatic rings. The highest BCUT2D eigenvalue weighted by Gasteiger charge is 2.11. The van der Waals surface area contributed by atoms with E-state index in [1.165, 1.54) is 0 Å². The molecule has 1 aromatic carbocycles. The van der Waals surface area contributed by atoms with Crippen LogP contribution in [-0.2, 0) is 22.3 Å². The van der Waals surface area contributed by atoms with Crippen molar-refractivity contribution in [3.05, 3.63) is 47.8 Å². The summed E-state index contributed by atoms with van der Waals surface area (Å²) in [5.74, 6) is -0.0680. The molecule has 0 spiro atoms. The first-order valence-corrected chi connectivity index (χ1v) is 7.00. The summed E-state index contributed by atoms with van der Waals surface area (Å²) < 4.78 is 26.1. The zero-order valence-corrected chi connectivity index (χ0v) is 10.4. The maximum Gasteiger partial charge on any atom is 0.216 e. The smallest absolute Gasteiger partial charge is 0.216 e. The third-order valence-corrected chi connectivity index (χ3v) is 3.67. The fraction of sp³-hybridized carbons (Fsp3) is 0.182. The minimum atomic E-state index is -3.36. The van der Waals surface area contributed by atoms with E-state index in [1.54, 1.807) is 36.5 Å². The highest BCUT2D eigenvalue weighted by Crippen LogP contribution is 2.08. The highest BCUT2D eigenvalue weighted by molar-refractivity contribution is 7.88. The summed E-state index contributed by atoms with van der Waals surface area (Å²) in [7, 11) is -3.36. The van der Waals surface area contributed by atoms with Gasteiger partial charge in [-0.15, -0.1) is 0 Å². The monoisotopic (exact) mass is 266 g/mol. The number of anilines is 1. The van der Waals surface area contributed by atoms with Gasteiger partial charge in [-0.25, -0.2) is 13.1 Å². The molecule has 96 valence electrons. The predicted molar refractivity (Wildman–Crippen MR) is 68.9 cm³/mol. The SMILES string of the molecule is Nc1ccc(CS(=O)(=O)NCc2ccn[nH]2)cc1. The molecule has 0 saturated heterocycles. The Morgan fingerprint density at radius 1 is 1.22 bits per heavy atom. The van der Waals surface area contributed by atoms with E-state index >= 15 is 0 Å². The number of H-pyrrole nitrogens is 1. The van der Waals surface area contributed by atoms with Gasteiger partial charge in [0.05, 0.1) is 18.0 Å². The van der Waals surface area contributed by atoms with Gasteiger partial charge in [0.2, 0.25) is 10.0 Å². The molecule has 0 radical (unpaired) electrons. The summed E-state index contributed by atoms with van der Waals surface area (Å²) in [6.07, 6.45) is 1.57. The van der Waals surface area contributed by atoms with Crippen LogP contribution in [0.15, 0.2) is 36.5 Å². The lowest BCUT2D eigenvalue weighted by Crippen LogP contribution is -2.24. The number of rotatable bonds is 5.